The van der Waals surface area contributed by atoms with Gasteiger partial charge < -0.3 is 14.5 Å². The molecule has 33 heavy (non-hydrogen) atoms. The molecule has 3 aromatic rings. The predicted molar refractivity (Wildman–Crippen MR) is 131 cm³/mol. The fourth-order valence-corrected chi connectivity index (χ4v) is 5.95. The van der Waals surface area contributed by atoms with Gasteiger partial charge in [0.1, 0.15) is 5.60 Å². The fourth-order valence-electron chi connectivity index (χ4n) is 4.11. The van der Waals surface area contributed by atoms with Crippen LogP contribution in [0.15, 0.2) is 53.4 Å². The van der Waals surface area contributed by atoms with Gasteiger partial charge in [0.15, 0.2) is 0 Å². The highest BCUT2D eigenvalue weighted by Gasteiger charge is 2.28. The Morgan fingerprint density at radius 3 is 2.30 bits per heavy atom. The van der Waals surface area contributed by atoms with Gasteiger partial charge in [0.25, 0.3) is 10.0 Å². The third kappa shape index (κ3) is 4.68. The van der Waals surface area contributed by atoms with Crippen LogP contribution >= 0.6 is 11.6 Å². The van der Waals surface area contributed by atoms with Crippen molar-refractivity contribution in [3.8, 4) is 0 Å². The van der Waals surface area contributed by atoms with Gasteiger partial charge in [-0.25, -0.2) is 17.2 Å². The van der Waals surface area contributed by atoms with E-state index in [0.29, 0.717) is 42.4 Å². The van der Waals surface area contributed by atoms with E-state index >= 15 is 0 Å². The molecular weight excluding hydrogens is 462 g/mol. The molecular formula is C24H28ClN3O4S. The quantitative estimate of drug-likeness (QED) is 0.523. The number of fused-ring (bicyclic) bond motifs is 1. The largest absolute Gasteiger partial charge is 0.444 e. The average molecular weight is 490 g/mol. The second-order valence-corrected chi connectivity index (χ2v) is 11.4. The highest BCUT2D eigenvalue weighted by atomic mass is 35.5. The predicted octanol–water partition coefficient (Wildman–Crippen LogP) is 4.90. The van der Waals surface area contributed by atoms with Gasteiger partial charge in [0.05, 0.1) is 10.4 Å². The van der Waals surface area contributed by atoms with Crippen molar-refractivity contribution in [2.45, 2.75) is 38.2 Å². The zero-order chi connectivity index (χ0) is 24.0. The van der Waals surface area contributed by atoms with E-state index in [1.165, 1.54) is 10.0 Å². The Kier molecular flexibility index (Phi) is 6.09. The lowest BCUT2D eigenvalue weighted by molar-refractivity contribution is 0.0240. The second-order valence-electron chi connectivity index (χ2n) is 9.18. The van der Waals surface area contributed by atoms with E-state index in [1.807, 2.05) is 45.0 Å². The van der Waals surface area contributed by atoms with E-state index in [-0.39, 0.29) is 11.0 Å². The summed E-state index contributed by atoms with van der Waals surface area (Å²) in [7, 11) is -3.82. The van der Waals surface area contributed by atoms with Gasteiger partial charge in [-0.3, -0.25) is 0 Å². The minimum absolute atomic E-state index is 0.145. The van der Waals surface area contributed by atoms with Crippen LogP contribution in [0, 0.1) is 6.92 Å². The number of rotatable bonds is 3. The molecule has 0 atom stereocenters. The van der Waals surface area contributed by atoms with Crippen LogP contribution in [0.25, 0.3) is 10.9 Å². The number of aromatic nitrogens is 1. The first-order chi connectivity index (χ1) is 15.5. The molecule has 0 unspecified atom stereocenters. The highest BCUT2D eigenvalue weighted by Crippen LogP contribution is 2.33. The molecule has 0 radical (unpaired) electrons. The number of benzene rings is 2. The normalized spacial score (nSPS) is 15.2. The van der Waals surface area contributed by atoms with Gasteiger partial charge in [-0.15, -0.1) is 0 Å². The summed E-state index contributed by atoms with van der Waals surface area (Å²) < 4.78 is 33.7. The lowest BCUT2D eigenvalue weighted by atomic mass is 10.1. The molecule has 0 spiro atoms. The van der Waals surface area contributed by atoms with Gasteiger partial charge in [-0.2, -0.15) is 0 Å². The van der Waals surface area contributed by atoms with Crippen molar-refractivity contribution in [1.82, 2.24) is 8.87 Å². The van der Waals surface area contributed by atoms with E-state index in [4.69, 9.17) is 16.3 Å². The Bertz CT molecular complexity index is 1300. The number of anilines is 1. The number of hydrogen-bond donors (Lipinski definition) is 0. The zero-order valence-electron chi connectivity index (χ0n) is 19.2. The summed E-state index contributed by atoms with van der Waals surface area (Å²) in [4.78, 5) is 16.4. The molecule has 9 heteroatoms. The first-order valence-electron chi connectivity index (χ1n) is 10.8. The second kappa shape index (κ2) is 8.57. The number of amides is 1. The number of aryl methyl sites for hydroxylation is 1. The molecule has 7 nitrogen and oxygen atoms in total. The summed E-state index contributed by atoms with van der Waals surface area (Å²) >= 11 is 6.05. The number of hydrogen-bond acceptors (Lipinski definition) is 5. The zero-order valence-corrected chi connectivity index (χ0v) is 20.8. The van der Waals surface area contributed by atoms with Crippen molar-refractivity contribution in [3.63, 3.8) is 0 Å². The van der Waals surface area contributed by atoms with Crippen molar-refractivity contribution >= 4 is 44.3 Å². The molecule has 0 N–H and O–H groups in total. The number of carbonyl (C=O) groups excluding carboxylic acids is 1. The standard InChI is InChI=1S/C24H28ClN3O4S/c1-17-15-20-21(26-11-13-27(14-12-26)23(29)32-24(2,3)4)9-6-10-22(20)28(17)33(30,31)19-8-5-7-18(25)16-19/h5-10,15-16H,11-14H2,1-4H3. The Balaban J connectivity index is 1.64. The van der Waals surface area contributed by atoms with Gasteiger partial charge in [-0.1, -0.05) is 23.7 Å². The average Bonchev–Trinajstić information content (AvgIpc) is 3.09. The molecule has 0 saturated carbocycles. The summed E-state index contributed by atoms with van der Waals surface area (Å²) in [6.45, 7) is 9.67. The van der Waals surface area contributed by atoms with Crippen molar-refractivity contribution in [2.75, 3.05) is 31.1 Å². The third-order valence-electron chi connectivity index (χ3n) is 5.56. The molecule has 0 bridgehead atoms. The van der Waals surface area contributed by atoms with Crippen LogP contribution in [0.5, 0.6) is 0 Å². The van der Waals surface area contributed by atoms with Crippen LogP contribution in [0.2, 0.25) is 5.02 Å². The number of carbonyl (C=O) groups is 1. The maximum absolute atomic E-state index is 13.4. The highest BCUT2D eigenvalue weighted by molar-refractivity contribution is 7.90. The SMILES string of the molecule is Cc1cc2c(N3CCN(C(=O)OC(C)(C)C)CC3)cccc2n1S(=O)(=O)c1cccc(Cl)c1. The summed E-state index contributed by atoms with van der Waals surface area (Å²) in [5, 5.41) is 1.22. The molecule has 2 heterocycles. The van der Waals surface area contributed by atoms with Crippen molar-refractivity contribution in [1.29, 1.82) is 0 Å². The van der Waals surface area contributed by atoms with Crippen LogP contribution < -0.4 is 4.90 Å². The molecule has 1 aromatic heterocycles. The number of piperazine rings is 1. The summed E-state index contributed by atoms with van der Waals surface area (Å²) in [6.07, 6.45) is -0.310. The number of nitrogens with zero attached hydrogens (tertiary/aromatic N) is 3. The molecule has 0 aliphatic carbocycles. The molecule has 2 aromatic carbocycles. The molecule has 1 fully saturated rings. The number of halogens is 1. The molecule has 1 aliphatic heterocycles. The maximum Gasteiger partial charge on any atom is 0.410 e. The summed E-state index contributed by atoms with van der Waals surface area (Å²) in [5.41, 5.74) is 1.64. The molecule has 176 valence electrons. The van der Waals surface area contributed by atoms with E-state index in [2.05, 4.69) is 4.90 Å². The first-order valence-corrected chi connectivity index (χ1v) is 12.6. The molecule has 1 saturated heterocycles. The first kappa shape index (κ1) is 23.4. The van der Waals surface area contributed by atoms with E-state index in [1.54, 1.807) is 30.0 Å². The molecule has 1 amide bonds. The van der Waals surface area contributed by atoms with Crippen LogP contribution in [0.4, 0.5) is 10.5 Å². The maximum atomic E-state index is 13.4. The lowest BCUT2D eigenvalue weighted by Crippen LogP contribution is -2.50. The van der Waals surface area contributed by atoms with E-state index < -0.39 is 15.6 Å². The minimum atomic E-state index is -3.82. The molecule has 4 rings (SSSR count). The number of ether oxygens (including phenoxy) is 1. The van der Waals surface area contributed by atoms with Crippen LogP contribution in [-0.2, 0) is 14.8 Å². The topological polar surface area (TPSA) is 71.8 Å². The van der Waals surface area contributed by atoms with E-state index in [0.717, 1.165) is 11.1 Å². The van der Waals surface area contributed by atoms with Gasteiger partial charge in [0.2, 0.25) is 0 Å². The van der Waals surface area contributed by atoms with Crippen molar-refractivity contribution < 1.29 is 17.9 Å². The van der Waals surface area contributed by atoms with Crippen LogP contribution in [-0.4, -0.2) is 55.2 Å². The third-order valence-corrected chi connectivity index (χ3v) is 7.61. The Morgan fingerprint density at radius 2 is 1.67 bits per heavy atom. The van der Waals surface area contributed by atoms with Gasteiger partial charge in [-0.05, 0) is 64.1 Å². The Hall–Kier alpha value is -2.71. The van der Waals surface area contributed by atoms with Crippen molar-refractivity contribution in [2.24, 2.45) is 0 Å². The fraction of sp³-hybridized carbons (Fsp3) is 0.375. The monoisotopic (exact) mass is 489 g/mol. The Morgan fingerprint density at radius 1 is 1.00 bits per heavy atom. The van der Waals surface area contributed by atoms with Crippen molar-refractivity contribution in [3.05, 3.63) is 59.2 Å². The smallest absolute Gasteiger partial charge is 0.410 e. The van der Waals surface area contributed by atoms with Gasteiger partial charge >= 0.3 is 6.09 Å². The lowest BCUT2D eigenvalue weighted by Gasteiger charge is -2.37. The molecule has 1 aliphatic rings. The Labute approximate surface area is 199 Å². The minimum Gasteiger partial charge on any atom is -0.444 e. The van der Waals surface area contributed by atoms with Gasteiger partial charge in [0, 0.05) is 48.0 Å². The summed E-state index contributed by atoms with van der Waals surface area (Å²) in [6, 6.07) is 13.8. The van der Waals surface area contributed by atoms with E-state index in [9.17, 15) is 13.2 Å². The van der Waals surface area contributed by atoms with Crippen LogP contribution in [0.3, 0.4) is 0 Å². The summed E-state index contributed by atoms with van der Waals surface area (Å²) in [5.74, 6) is 0. The van der Waals surface area contributed by atoms with Crippen LogP contribution in [0.1, 0.15) is 26.5 Å².